The highest BCUT2D eigenvalue weighted by Crippen LogP contribution is 2.38. The van der Waals surface area contributed by atoms with Gasteiger partial charge in [0.25, 0.3) is 5.91 Å². The first-order valence-corrected chi connectivity index (χ1v) is 7.45. The zero-order chi connectivity index (χ0) is 13.4. The molecule has 1 saturated carbocycles. The van der Waals surface area contributed by atoms with E-state index in [1.165, 1.54) is 25.7 Å². The number of aromatic nitrogens is 2. The van der Waals surface area contributed by atoms with Gasteiger partial charge in [0.2, 0.25) is 0 Å². The van der Waals surface area contributed by atoms with Crippen molar-refractivity contribution in [2.45, 2.75) is 45.1 Å². The van der Waals surface area contributed by atoms with Crippen LogP contribution in [0.1, 0.15) is 49.4 Å². The van der Waals surface area contributed by atoms with Crippen molar-refractivity contribution in [3.05, 3.63) is 18.0 Å². The number of hydrogen-bond donors (Lipinski definition) is 0. The fourth-order valence-corrected chi connectivity index (χ4v) is 3.84. The smallest absolute Gasteiger partial charge is 0.257 e. The molecule has 0 unspecified atom stereocenters. The molecule has 1 aromatic rings. The van der Waals surface area contributed by atoms with E-state index in [0.717, 1.165) is 30.4 Å². The number of hydrogen-bond acceptors (Lipinski definition) is 2. The Morgan fingerprint density at radius 2 is 2.21 bits per heavy atom. The molecule has 4 nitrogen and oxygen atoms in total. The van der Waals surface area contributed by atoms with E-state index in [1.54, 1.807) is 10.9 Å². The van der Waals surface area contributed by atoms with Gasteiger partial charge in [-0.05, 0) is 43.9 Å². The summed E-state index contributed by atoms with van der Waals surface area (Å²) in [7, 11) is 1.86. The minimum absolute atomic E-state index is 0.178. The maximum absolute atomic E-state index is 12.6. The number of carbonyl (C=O) groups is 1. The molecular formula is C15H23N3O. The van der Waals surface area contributed by atoms with Crippen molar-refractivity contribution >= 4 is 5.91 Å². The summed E-state index contributed by atoms with van der Waals surface area (Å²) < 4.78 is 1.71. The monoisotopic (exact) mass is 261 g/mol. The summed E-state index contributed by atoms with van der Waals surface area (Å²) in [5, 5.41) is 4.12. The summed E-state index contributed by atoms with van der Waals surface area (Å²) in [5.41, 5.74) is 0.738. The third kappa shape index (κ3) is 2.40. The Morgan fingerprint density at radius 3 is 2.95 bits per heavy atom. The van der Waals surface area contributed by atoms with Crippen molar-refractivity contribution in [3.63, 3.8) is 0 Å². The van der Waals surface area contributed by atoms with Crippen LogP contribution in [0.2, 0.25) is 0 Å². The third-order valence-corrected chi connectivity index (χ3v) is 4.79. The SMILES string of the molecule is C[C@@H]1CC[C@@H]2[C@@H](CCCN2C(=O)c2cnn(C)c2)C1. The lowest BCUT2D eigenvalue weighted by Gasteiger charge is -2.45. The van der Waals surface area contributed by atoms with Crippen molar-refractivity contribution in [1.29, 1.82) is 0 Å². The van der Waals surface area contributed by atoms with E-state index in [1.807, 2.05) is 13.2 Å². The zero-order valence-corrected chi connectivity index (χ0v) is 11.9. The van der Waals surface area contributed by atoms with Crippen LogP contribution in [0, 0.1) is 11.8 Å². The molecule has 0 N–H and O–H groups in total. The van der Waals surface area contributed by atoms with Crippen molar-refractivity contribution in [2.24, 2.45) is 18.9 Å². The second-order valence-electron chi connectivity index (χ2n) is 6.29. The van der Waals surface area contributed by atoms with Crippen molar-refractivity contribution in [2.75, 3.05) is 6.54 Å². The molecule has 1 amide bonds. The van der Waals surface area contributed by atoms with Crippen LogP contribution in [0.4, 0.5) is 0 Å². The number of rotatable bonds is 1. The molecule has 2 aliphatic rings. The Hall–Kier alpha value is -1.32. The largest absolute Gasteiger partial charge is 0.335 e. The molecule has 1 aliphatic heterocycles. The summed E-state index contributed by atoms with van der Waals surface area (Å²) in [6.45, 7) is 3.27. The molecular weight excluding hydrogens is 238 g/mol. The second kappa shape index (κ2) is 4.99. The van der Waals surface area contributed by atoms with Gasteiger partial charge in [-0.1, -0.05) is 6.92 Å². The number of carbonyl (C=O) groups excluding carboxylic acids is 1. The summed E-state index contributed by atoms with van der Waals surface area (Å²) in [6.07, 6.45) is 9.71. The lowest BCUT2D eigenvalue weighted by Crippen LogP contribution is -2.50. The maximum Gasteiger partial charge on any atom is 0.257 e. The molecule has 0 bridgehead atoms. The highest BCUT2D eigenvalue weighted by molar-refractivity contribution is 5.94. The average Bonchev–Trinajstić information content (AvgIpc) is 2.83. The molecule has 1 aliphatic carbocycles. The van der Waals surface area contributed by atoms with E-state index >= 15 is 0 Å². The number of fused-ring (bicyclic) bond motifs is 1. The molecule has 1 aromatic heterocycles. The fourth-order valence-electron chi connectivity index (χ4n) is 3.84. The number of amides is 1. The topological polar surface area (TPSA) is 38.1 Å². The van der Waals surface area contributed by atoms with Crippen LogP contribution >= 0.6 is 0 Å². The lowest BCUT2D eigenvalue weighted by atomic mass is 9.74. The molecule has 3 rings (SSSR count). The minimum Gasteiger partial charge on any atom is -0.335 e. The predicted molar refractivity (Wildman–Crippen MR) is 73.8 cm³/mol. The van der Waals surface area contributed by atoms with Crippen LogP contribution in [-0.2, 0) is 7.05 Å². The fraction of sp³-hybridized carbons (Fsp3) is 0.733. The van der Waals surface area contributed by atoms with Gasteiger partial charge in [-0.25, -0.2) is 0 Å². The van der Waals surface area contributed by atoms with Crippen LogP contribution in [0.15, 0.2) is 12.4 Å². The van der Waals surface area contributed by atoms with Crippen LogP contribution in [0.5, 0.6) is 0 Å². The predicted octanol–water partition coefficient (Wildman–Crippen LogP) is 2.46. The van der Waals surface area contributed by atoms with Gasteiger partial charge in [0.15, 0.2) is 0 Å². The number of aryl methyl sites for hydroxylation is 1. The van der Waals surface area contributed by atoms with Crippen LogP contribution in [0.25, 0.3) is 0 Å². The average molecular weight is 261 g/mol. The summed E-state index contributed by atoms with van der Waals surface area (Å²) in [5.74, 6) is 1.73. The Morgan fingerprint density at radius 1 is 1.37 bits per heavy atom. The Kier molecular flexibility index (Phi) is 3.33. The molecule has 0 aromatic carbocycles. The first kappa shape index (κ1) is 12.7. The Balaban J connectivity index is 1.78. The van der Waals surface area contributed by atoms with E-state index < -0.39 is 0 Å². The van der Waals surface area contributed by atoms with Crippen LogP contribution in [0.3, 0.4) is 0 Å². The normalized spacial score (nSPS) is 31.1. The van der Waals surface area contributed by atoms with Crippen molar-refractivity contribution in [1.82, 2.24) is 14.7 Å². The quantitative estimate of drug-likeness (QED) is 0.779. The Labute approximate surface area is 114 Å². The summed E-state index contributed by atoms with van der Waals surface area (Å²) >= 11 is 0. The van der Waals surface area contributed by atoms with Crippen LogP contribution < -0.4 is 0 Å². The third-order valence-electron chi connectivity index (χ3n) is 4.79. The molecule has 19 heavy (non-hydrogen) atoms. The van der Waals surface area contributed by atoms with Crippen molar-refractivity contribution in [3.8, 4) is 0 Å². The zero-order valence-electron chi connectivity index (χ0n) is 11.9. The van der Waals surface area contributed by atoms with Crippen LogP contribution in [-0.4, -0.2) is 33.2 Å². The van der Waals surface area contributed by atoms with Gasteiger partial charge in [-0.2, -0.15) is 5.10 Å². The van der Waals surface area contributed by atoms with Gasteiger partial charge in [-0.15, -0.1) is 0 Å². The Bertz CT molecular complexity index is 468. The van der Waals surface area contributed by atoms with Gasteiger partial charge in [-0.3, -0.25) is 9.48 Å². The van der Waals surface area contributed by atoms with Gasteiger partial charge in [0.05, 0.1) is 11.8 Å². The first-order valence-electron chi connectivity index (χ1n) is 7.45. The van der Waals surface area contributed by atoms with E-state index in [4.69, 9.17) is 0 Å². The molecule has 0 spiro atoms. The summed E-state index contributed by atoms with van der Waals surface area (Å²) in [6, 6.07) is 0.470. The number of nitrogens with zero attached hydrogens (tertiary/aromatic N) is 3. The van der Waals surface area contributed by atoms with Crippen molar-refractivity contribution < 1.29 is 4.79 Å². The first-order chi connectivity index (χ1) is 9.15. The molecule has 3 atom stereocenters. The lowest BCUT2D eigenvalue weighted by molar-refractivity contribution is 0.0322. The highest BCUT2D eigenvalue weighted by Gasteiger charge is 2.37. The van der Waals surface area contributed by atoms with Gasteiger partial charge >= 0.3 is 0 Å². The van der Waals surface area contributed by atoms with E-state index in [2.05, 4.69) is 16.9 Å². The maximum atomic E-state index is 12.6. The molecule has 1 saturated heterocycles. The highest BCUT2D eigenvalue weighted by atomic mass is 16.2. The molecule has 2 heterocycles. The molecule has 0 radical (unpaired) electrons. The minimum atomic E-state index is 0.178. The van der Waals surface area contributed by atoms with Gasteiger partial charge in [0.1, 0.15) is 0 Å². The number of likely N-dealkylation sites (tertiary alicyclic amines) is 1. The molecule has 104 valence electrons. The molecule has 2 fully saturated rings. The standard InChI is InChI=1S/C15H23N3O/c1-11-5-6-14-12(8-11)4-3-7-18(14)15(19)13-9-16-17(2)10-13/h9-12,14H,3-8H2,1-2H3/t11-,12+,14-/m1/s1. The summed E-state index contributed by atoms with van der Waals surface area (Å²) in [4.78, 5) is 14.7. The molecule has 4 heteroatoms. The van der Waals surface area contributed by atoms with Gasteiger partial charge in [0, 0.05) is 25.8 Å². The second-order valence-corrected chi connectivity index (χ2v) is 6.29. The van der Waals surface area contributed by atoms with E-state index in [-0.39, 0.29) is 5.91 Å². The van der Waals surface area contributed by atoms with Gasteiger partial charge < -0.3 is 4.90 Å². The van der Waals surface area contributed by atoms with E-state index in [9.17, 15) is 4.79 Å². The van der Waals surface area contributed by atoms with E-state index in [0.29, 0.717) is 6.04 Å². The number of piperidine rings is 1.